The minimum Gasteiger partial charge on any atom is -0.378 e. The van der Waals surface area contributed by atoms with Crippen molar-refractivity contribution in [3.05, 3.63) is 29.6 Å². The second-order valence-electron chi connectivity index (χ2n) is 5.12. The van der Waals surface area contributed by atoms with Gasteiger partial charge >= 0.3 is 0 Å². The molecule has 0 radical (unpaired) electrons. The van der Waals surface area contributed by atoms with Crippen LogP contribution in [0.25, 0.3) is 11.0 Å². The lowest BCUT2D eigenvalue weighted by Gasteiger charge is -2.34. The molecule has 1 heterocycles. The highest BCUT2D eigenvalue weighted by Gasteiger charge is 2.30. The van der Waals surface area contributed by atoms with Gasteiger partial charge in [-0.2, -0.15) is 5.26 Å². The Kier molecular flexibility index (Phi) is 3.22. The van der Waals surface area contributed by atoms with Crippen LogP contribution in [-0.2, 0) is 11.2 Å². The summed E-state index contributed by atoms with van der Waals surface area (Å²) in [4.78, 5) is 7.87. The molecule has 98 valence electrons. The Balaban J connectivity index is 1.71. The van der Waals surface area contributed by atoms with Crippen LogP contribution in [-0.4, -0.2) is 22.7 Å². The van der Waals surface area contributed by atoms with Gasteiger partial charge in [-0.3, -0.25) is 0 Å². The minimum absolute atomic E-state index is 0.439. The van der Waals surface area contributed by atoms with E-state index >= 15 is 0 Å². The third-order valence-electron chi connectivity index (χ3n) is 3.76. The predicted molar refractivity (Wildman–Crippen MR) is 72.7 cm³/mol. The number of nitrogens with one attached hydrogen (secondary N) is 1. The Hall–Kier alpha value is -1.86. The molecule has 0 atom stereocenters. The standard InChI is InChI=1S/C15H17N3O/c1-2-19-12-6-10(7-12)8-14-17-13-5-3-4-11(9-16)15(13)18-14/h3-5,10,12H,2,6-8H2,1H3,(H,17,18). The van der Waals surface area contributed by atoms with Crippen LogP contribution in [0.15, 0.2) is 18.2 Å². The molecule has 0 bridgehead atoms. The SMILES string of the molecule is CCOC1CC(Cc2nc3c(C#N)cccc3[nH]2)C1. The van der Waals surface area contributed by atoms with Gasteiger partial charge in [-0.05, 0) is 37.8 Å². The third-order valence-corrected chi connectivity index (χ3v) is 3.76. The molecular formula is C15H17N3O. The number of H-pyrrole nitrogens is 1. The van der Waals surface area contributed by atoms with E-state index in [1.54, 1.807) is 6.07 Å². The molecule has 0 amide bonds. The van der Waals surface area contributed by atoms with Gasteiger partial charge in [0.2, 0.25) is 0 Å². The molecule has 4 heteroatoms. The summed E-state index contributed by atoms with van der Waals surface area (Å²) in [5, 5.41) is 9.06. The van der Waals surface area contributed by atoms with E-state index in [4.69, 9.17) is 10.00 Å². The van der Waals surface area contributed by atoms with Gasteiger partial charge in [0.15, 0.2) is 0 Å². The van der Waals surface area contributed by atoms with Crippen molar-refractivity contribution in [3.63, 3.8) is 0 Å². The lowest BCUT2D eigenvalue weighted by Crippen LogP contribution is -2.32. The zero-order valence-electron chi connectivity index (χ0n) is 11.0. The van der Waals surface area contributed by atoms with Crippen LogP contribution in [0.1, 0.15) is 31.2 Å². The van der Waals surface area contributed by atoms with Crippen LogP contribution in [0.3, 0.4) is 0 Å². The maximum absolute atomic E-state index is 9.06. The van der Waals surface area contributed by atoms with Crippen molar-refractivity contribution in [2.24, 2.45) is 5.92 Å². The molecule has 3 rings (SSSR count). The summed E-state index contributed by atoms with van der Waals surface area (Å²) < 4.78 is 5.57. The van der Waals surface area contributed by atoms with Gasteiger partial charge in [-0.25, -0.2) is 4.98 Å². The van der Waals surface area contributed by atoms with Crippen molar-refractivity contribution in [2.75, 3.05) is 6.61 Å². The molecule has 0 unspecified atom stereocenters. The number of imidazole rings is 1. The van der Waals surface area contributed by atoms with Crippen LogP contribution in [0.4, 0.5) is 0 Å². The van der Waals surface area contributed by atoms with Crippen LogP contribution in [0, 0.1) is 17.2 Å². The highest BCUT2D eigenvalue weighted by Crippen LogP contribution is 2.32. The lowest BCUT2D eigenvalue weighted by molar-refractivity contribution is -0.0244. The maximum atomic E-state index is 9.06. The number of nitrogens with zero attached hydrogens (tertiary/aromatic N) is 2. The van der Waals surface area contributed by atoms with Gasteiger partial charge in [0.25, 0.3) is 0 Å². The van der Waals surface area contributed by atoms with Gasteiger partial charge in [0, 0.05) is 13.0 Å². The van der Waals surface area contributed by atoms with Crippen LogP contribution < -0.4 is 0 Å². The number of fused-ring (bicyclic) bond motifs is 1. The fourth-order valence-electron chi connectivity index (χ4n) is 2.76. The van der Waals surface area contributed by atoms with Crippen LogP contribution in [0.5, 0.6) is 0 Å². The molecule has 1 aromatic heterocycles. The van der Waals surface area contributed by atoms with E-state index in [2.05, 4.69) is 16.0 Å². The van der Waals surface area contributed by atoms with Crippen molar-refractivity contribution >= 4 is 11.0 Å². The van der Waals surface area contributed by atoms with E-state index < -0.39 is 0 Å². The summed E-state index contributed by atoms with van der Waals surface area (Å²) in [6, 6.07) is 7.85. The average Bonchev–Trinajstić information content (AvgIpc) is 2.78. The first-order valence-corrected chi connectivity index (χ1v) is 6.79. The second-order valence-corrected chi connectivity index (χ2v) is 5.12. The molecule has 1 aromatic carbocycles. The van der Waals surface area contributed by atoms with Crippen molar-refractivity contribution in [3.8, 4) is 6.07 Å². The van der Waals surface area contributed by atoms with E-state index in [1.165, 1.54) is 0 Å². The molecule has 1 saturated carbocycles. The molecule has 1 aliphatic carbocycles. The highest BCUT2D eigenvalue weighted by atomic mass is 16.5. The predicted octanol–water partition coefficient (Wildman–Crippen LogP) is 2.79. The summed E-state index contributed by atoms with van der Waals surface area (Å²) in [7, 11) is 0. The van der Waals surface area contributed by atoms with Crippen molar-refractivity contribution in [1.29, 1.82) is 5.26 Å². The normalized spacial score (nSPS) is 22.1. The Labute approximate surface area is 112 Å². The summed E-state index contributed by atoms with van der Waals surface area (Å²) in [6.07, 6.45) is 3.63. The molecule has 19 heavy (non-hydrogen) atoms. The Morgan fingerprint density at radius 3 is 3.05 bits per heavy atom. The molecule has 1 aliphatic rings. The largest absolute Gasteiger partial charge is 0.378 e. The summed E-state index contributed by atoms with van der Waals surface area (Å²) in [5.74, 6) is 1.64. The zero-order chi connectivity index (χ0) is 13.2. The molecule has 2 aromatic rings. The van der Waals surface area contributed by atoms with Crippen molar-refractivity contribution < 1.29 is 4.74 Å². The molecular weight excluding hydrogens is 238 g/mol. The summed E-state index contributed by atoms with van der Waals surface area (Å²) in [6.45, 7) is 2.84. The first-order valence-electron chi connectivity index (χ1n) is 6.79. The quantitative estimate of drug-likeness (QED) is 0.913. The molecule has 1 fully saturated rings. The Morgan fingerprint density at radius 2 is 2.32 bits per heavy atom. The molecule has 0 spiro atoms. The second kappa shape index (κ2) is 5.02. The average molecular weight is 255 g/mol. The van der Waals surface area contributed by atoms with E-state index in [1.807, 2.05) is 19.1 Å². The number of nitriles is 1. The van der Waals surface area contributed by atoms with Crippen LogP contribution in [0.2, 0.25) is 0 Å². The van der Waals surface area contributed by atoms with Gasteiger partial charge < -0.3 is 9.72 Å². The highest BCUT2D eigenvalue weighted by molar-refractivity contribution is 5.81. The van der Waals surface area contributed by atoms with E-state index in [-0.39, 0.29) is 0 Å². The number of benzene rings is 1. The molecule has 0 aliphatic heterocycles. The number of hydrogen-bond acceptors (Lipinski definition) is 3. The van der Waals surface area contributed by atoms with E-state index in [9.17, 15) is 0 Å². The number of para-hydroxylation sites is 1. The van der Waals surface area contributed by atoms with Gasteiger partial charge in [-0.1, -0.05) is 6.07 Å². The number of rotatable bonds is 4. The monoisotopic (exact) mass is 255 g/mol. The maximum Gasteiger partial charge on any atom is 0.107 e. The third kappa shape index (κ3) is 2.34. The van der Waals surface area contributed by atoms with Crippen LogP contribution >= 0.6 is 0 Å². The van der Waals surface area contributed by atoms with Crippen molar-refractivity contribution in [2.45, 2.75) is 32.3 Å². The molecule has 4 nitrogen and oxygen atoms in total. The number of aromatic amines is 1. The Bertz CT molecular complexity index is 620. The molecule has 1 N–H and O–H groups in total. The summed E-state index contributed by atoms with van der Waals surface area (Å²) in [5.41, 5.74) is 2.39. The number of ether oxygens (including phenoxy) is 1. The van der Waals surface area contributed by atoms with Gasteiger partial charge in [-0.15, -0.1) is 0 Å². The first kappa shape index (κ1) is 12.2. The summed E-state index contributed by atoms with van der Waals surface area (Å²) >= 11 is 0. The fraction of sp³-hybridized carbons (Fsp3) is 0.467. The van der Waals surface area contributed by atoms with Crippen molar-refractivity contribution in [1.82, 2.24) is 9.97 Å². The molecule has 0 saturated heterocycles. The first-order chi connectivity index (χ1) is 9.30. The number of aromatic nitrogens is 2. The van der Waals surface area contributed by atoms with E-state index in [0.29, 0.717) is 17.6 Å². The number of hydrogen-bond donors (Lipinski definition) is 1. The zero-order valence-corrected chi connectivity index (χ0v) is 11.0. The smallest absolute Gasteiger partial charge is 0.107 e. The Morgan fingerprint density at radius 1 is 1.47 bits per heavy atom. The minimum atomic E-state index is 0.439. The van der Waals surface area contributed by atoms with Gasteiger partial charge in [0.1, 0.15) is 17.4 Å². The fourth-order valence-corrected chi connectivity index (χ4v) is 2.76. The van der Waals surface area contributed by atoms with E-state index in [0.717, 1.165) is 42.7 Å². The lowest BCUT2D eigenvalue weighted by atomic mass is 9.80. The topological polar surface area (TPSA) is 61.7 Å². The van der Waals surface area contributed by atoms with Gasteiger partial charge in [0.05, 0.1) is 17.2 Å².